The van der Waals surface area contributed by atoms with Gasteiger partial charge in [-0.25, -0.2) is 9.37 Å². The third-order valence-corrected chi connectivity index (χ3v) is 4.77. The number of nitro benzene ring substituents is 1. The summed E-state index contributed by atoms with van der Waals surface area (Å²) in [5, 5.41) is 10.9. The number of aromatic nitrogens is 1. The molecular weight excluding hydrogens is 377 g/mol. The molecule has 1 amide bonds. The van der Waals surface area contributed by atoms with E-state index >= 15 is 0 Å². The van der Waals surface area contributed by atoms with Crippen LogP contribution in [0.25, 0.3) is 11.3 Å². The molecule has 2 aromatic carbocycles. The lowest BCUT2D eigenvalue weighted by Crippen LogP contribution is -2.29. The number of amides is 1. The van der Waals surface area contributed by atoms with Gasteiger partial charge in [0, 0.05) is 37.6 Å². The average Bonchev–Trinajstić information content (AvgIpc) is 3.20. The minimum atomic E-state index is -0.459. The minimum absolute atomic E-state index is 0.0108. The second-order valence-corrected chi connectivity index (χ2v) is 6.66. The SMILES string of the molecule is C[C@H](c1cccc([N+](=O)[O-])c1)N(C)C(=O)CCc1ncc(-c2ccc(F)cc2)o1. The monoisotopic (exact) mass is 397 g/mol. The van der Waals surface area contributed by atoms with Crippen LogP contribution in [0.5, 0.6) is 0 Å². The fourth-order valence-electron chi connectivity index (χ4n) is 2.90. The normalized spacial score (nSPS) is 11.8. The molecule has 0 saturated heterocycles. The van der Waals surface area contributed by atoms with Crippen LogP contribution in [0.15, 0.2) is 59.1 Å². The van der Waals surface area contributed by atoms with Crippen LogP contribution in [0.3, 0.4) is 0 Å². The molecular formula is C21H20FN3O4. The van der Waals surface area contributed by atoms with Gasteiger partial charge in [0.05, 0.1) is 17.2 Å². The van der Waals surface area contributed by atoms with Gasteiger partial charge in [-0.15, -0.1) is 0 Å². The Morgan fingerprint density at radius 2 is 2.00 bits per heavy atom. The lowest BCUT2D eigenvalue weighted by molar-refractivity contribution is -0.384. The maximum absolute atomic E-state index is 13.0. The number of rotatable bonds is 7. The summed E-state index contributed by atoms with van der Waals surface area (Å²) < 4.78 is 18.7. The van der Waals surface area contributed by atoms with Crippen LogP contribution in [0.1, 0.15) is 30.8 Å². The predicted molar refractivity (Wildman–Crippen MR) is 104 cm³/mol. The van der Waals surface area contributed by atoms with E-state index in [1.165, 1.54) is 24.3 Å². The van der Waals surface area contributed by atoms with E-state index in [-0.39, 0.29) is 29.9 Å². The maximum Gasteiger partial charge on any atom is 0.269 e. The van der Waals surface area contributed by atoms with Gasteiger partial charge in [0.25, 0.3) is 5.69 Å². The van der Waals surface area contributed by atoms with Gasteiger partial charge in [0.2, 0.25) is 5.91 Å². The van der Waals surface area contributed by atoms with Crippen molar-refractivity contribution in [3.8, 4) is 11.3 Å². The highest BCUT2D eigenvalue weighted by molar-refractivity contribution is 5.76. The molecule has 0 aliphatic carbocycles. The molecule has 150 valence electrons. The van der Waals surface area contributed by atoms with Crippen molar-refractivity contribution in [3.63, 3.8) is 0 Å². The Morgan fingerprint density at radius 3 is 2.69 bits per heavy atom. The molecule has 0 radical (unpaired) electrons. The van der Waals surface area contributed by atoms with Crippen molar-refractivity contribution in [2.45, 2.75) is 25.8 Å². The summed E-state index contributed by atoms with van der Waals surface area (Å²) >= 11 is 0. The summed E-state index contributed by atoms with van der Waals surface area (Å²) in [5.41, 5.74) is 1.38. The Bertz CT molecular complexity index is 1020. The van der Waals surface area contributed by atoms with Crippen molar-refractivity contribution in [1.29, 1.82) is 0 Å². The molecule has 0 bridgehead atoms. The molecule has 0 fully saturated rings. The summed E-state index contributed by atoms with van der Waals surface area (Å²) in [6.07, 6.45) is 2.04. The molecule has 3 rings (SSSR count). The average molecular weight is 397 g/mol. The number of aryl methyl sites for hydroxylation is 1. The second-order valence-electron chi connectivity index (χ2n) is 6.66. The standard InChI is InChI=1S/C21H20FN3O4/c1-14(16-4-3-5-18(12-16)25(27)28)24(2)21(26)11-10-20-23-13-19(29-20)15-6-8-17(22)9-7-15/h3-9,12-14H,10-11H2,1-2H3/t14-/m1/s1. The highest BCUT2D eigenvalue weighted by Crippen LogP contribution is 2.24. The maximum atomic E-state index is 13.0. The molecule has 1 atom stereocenters. The topological polar surface area (TPSA) is 89.5 Å². The first kappa shape index (κ1) is 20.2. The van der Waals surface area contributed by atoms with Crippen LogP contribution >= 0.6 is 0 Å². The van der Waals surface area contributed by atoms with E-state index < -0.39 is 4.92 Å². The van der Waals surface area contributed by atoms with Gasteiger partial charge in [-0.3, -0.25) is 14.9 Å². The second kappa shape index (κ2) is 8.64. The van der Waals surface area contributed by atoms with Gasteiger partial charge < -0.3 is 9.32 Å². The molecule has 8 heteroatoms. The summed E-state index contributed by atoms with van der Waals surface area (Å²) in [4.78, 5) is 28.8. The third kappa shape index (κ3) is 4.84. The van der Waals surface area contributed by atoms with Gasteiger partial charge in [-0.2, -0.15) is 0 Å². The van der Waals surface area contributed by atoms with Crippen molar-refractivity contribution in [3.05, 3.63) is 82.1 Å². The first-order chi connectivity index (χ1) is 13.8. The molecule has 0 spiro atoms. The molecule has 0 unspecified atom stereocenters. The first-order valence-corrected chi connectivity index (χ1v) is 9.06. The first-order valence-electron chi connectivity index (χ1n) is 9.06. The smallest absolute Gasteiger partial charge is 0.269 e. The van der Waals surface area contributed by atoms with Gasteiger partial charge >= 0.3 is 0 Å². The lowest BCUT2D eigenvalue weighted by Gasteiger charge is -2.25. The summed E-state index contributed by atoms with van der Waals surface area (Å²) in [6, 6.07) is 11.8. The van der Waals surface area contributed by atoms with Gasteiger partial charge in [0.1, 0.15) is 5.82 Å². The van der Waals surface area contributed by atoms with Crippen LogP contribution in [-0.4, -0.2) is 27.8 Å². The molecule has 3 aromatic rings. The minimum Gasteiger partial charge on any atom is -0.441 e. The fourth-order valence-corrected chi connectivity index (χ4v) is 2.90. The Labute approximate surface area is 166 Å². The van der Waals surface area contributed by atoms with Crippen LogP contribution in [0.2, 0.25) is 0 Å². The van der Waals surface area contributed by atoms with E-state index in [1.807, 2.05) is 6.92 Å². The number of nitrogens with zero attached hydrogens (tertiary/aromatic N) is 3. The number of nitro groups is 1. The number of oxazole rings is 1. The van der Waals surface area contributed by atoms with Crippen LogP contribution in [0.4, 0.5) is 10.1 Å². The lowest BCUT2D eigenvalue weighted by atomic mass is 10.1. The van der Waals surface area contributed by atoms with Crippen molar-refractivity contribution in [2.24, 2.45) is 0 Å². The zero-order valence-electron chi connectivity index (χ0n) is 16.0. The van der Waals surface area contributed by atoms with E-state index in [0.717, 1.165) is 0 Å². The van der Waals surface area contributed by atoms with Gasteiger partial charge in [-0.05, 0) is 36.8 Å². The van der Waals surface area contributed by atoms with E-state index in [9.17, 15) is 19.3 Å². The van der Waals surface area contributed by atoms with Crippen LogP contribution in [0, 0.1) is 15.9 Å². The molecule has 1 heterocycles. The van der Waals surface area contributed by atoms with Crippen molar-refractivity contribution < 1.29 is 18.5 Å². The van der Waals surface area contributed by atoms with Gasteiger partial charge in [-0.1, -0.05) is 12.1 Å². The van der Waals surface area contributed by atoms with E-state index in [1.54, 1.807) is 42.4 Å². The molecule has 7 nitrogen and oxygen atoms in total. The Morgan fingerprint density at radius 1 is 1.28 bits per heavy atom. The Hall–Kier alpha value is -3.55. The van der Waals surface area contributed by atoms with Crippen LogP contribution in [-0.2, 0) is 11.2 Å². The molecule has 0 saturated carbocycles. The third-order valence-electron chi connectivity index (χ3n) is 4.77. The Balaban J connectivity index is 1.61. The summed E-state index contributed by atoms with van der Waals surface area (Å²) in [6.45, 7) is 1.81. The largest absolute Gasteiger partial charge is 0.441 e. The number of benzene rings is 2. The number of halogens is 1. The van der Waals surface area contributed by atoms with E-state index in [0.29, 0.717) is 29.2 Å². The number of carbonyl (C=O) groups excluding carboxylic acids is 1. The summed E-state index contributed by atoms with van der Waals surface area (Å²) in [7, 11) is 1.66. The number of non-ortho nitro benzene ring substituents is 1. The van der Waals surface area contributed by atoms with Gasteiger partial charge in [0.15, 0.2) is 11.7 Å². The number of carbonyl (C=O) groups is 1. The zero-order valence-corrected chi connectivity index (χ0v) is 16.0. The molecule has 0 aliphatic rings. The van der Waals surface area contributed by atoms with E-state index in [2.05, 4.69) is 4.98 Å². The zero-order chi connectivity index (χ0) is 21.0. The molecule has 0 N–H and O–H groups in total. The quantitative estimate of drug-likeness (QED) is 0.431. The number of hydrogen-bond donors (Lipinski definition) is 0. The van der Waals surface area contributed by atoms with Crippen molar-refractivity contribution >= 4 is 11.6 Å². The molecule has 0 aliphatic heterocycles. The highest BCUT2D eigenvalue weighted by Gasteiger charge is 2.20. The van der Waals surface area contributed by atoms with Crippen molar-refractivity contribution in [2.75, 3.05) is 7.05 Å². The number of hydrogen-bond acceptors (Lipinski definition) is 5. The molecule has 1 aromatic heterocycles. The Kier molecular flexibility index (Phi) is 6.01. The highest BCUT2D eigenvalue weighted by atomic mass is 19.1. The van der Waals surface area contributed by atoms with Crippen LogP contribution < -0.4 is 0 Å². The summed E-state index contributed by atoms with van der Waals surface area (Å²) in [5.74, 6) is 0.449. The predicted octanol–water partition coefficient (Wildman–Crippen LogP) is 4.54. The van der Waals surface area contributed by atoms with E-state index in [4.69, 9.17) is 4.42 Å². The van der Waals surface area contributed by atoms with Crippen molar-refractivity contribution in [1.82, 2.24) is 9.88 Å². The fraction of sp³-hybridized carbons (Fsp3) is 0.238. The molecule has 29 heavy (non-hydrogen) atoms.